The molecule has 0 aliphatic heterocycles. The zero-order valence-corrected chi connectivity index (χ0v) is 11.3. The first-order valence-corrected chi connectivity index (χ1v) is 6.14. The molecule has 1 amide bonds. The highest BCUT2D eigenvalue weighted by Gasteiger charge is 2.21. The zero-order valence-electron chi connectivity index (χ0n) is 11.3. The van der Waals surface area contributed by atoms with E-state index in [0.29, 0.717) is 12.0 Å². The van der Waals surface area contributed by atoms with Crippen LogP contribution in [0.1, 0.15) is 36.2 Å². The Labute approximate surface area is 112 Å². The van der Waals surface area contributed by atoms with Gasteiger partial charge in [-0.1, -0.05) is 19.9 Å². The van der Waals surface area contributed by atoms with Gasteiger partial charge in [-0.05, 0) is 37.0 Å². The average Bonchev–Trinajstić information content (AvgIpc) is 2.31. The molecule has 0 spiro atoms. The van der Waals surface area contributed by atoms with E-state index in [-0.39, 0.29) is 17.2 Å². The number of rotatable bonds is 5. The third-order valence-corrected chi connectivity index (χ3v) is 2.78. The van der Waals surface area contributed by atoms with Gasteiger partial charge in [-0.3, -0.25) is 4.79 Å². The highest BCUT2D eigenvalue weighted by Crippen LogP contribution is 2.17. The lowest BCUT2D eigenvalue weighted by Crippen LogP contribution is -2.41. The molecule has 0 aliphatic carbocycles. The monoisotopic (exact) mass is 265 g/mol. The molecule has 0 heterocycles. The number of hydrogen-bond donors (Lipinski definition) is 3. The van der Waals surface area contributed by atoms with E-state index in [1.807, 2.05) is 13.8 Å². The van der Waals surface area contributed by atoms with Gasteiger partial charge < -0.3 is 15.5 Å². The number of carbonyl (C=O) groups is 2. The summed E-state index contributed by atoms with van der Waals surface area (Å²) in [5, 5.41) is 21.1. The largest absolute Gasteiger partial charge is 0.508 e. The van der Waals surface area contributed by atoms with Crippen LogP contribution in [0, 0.1) is 12.8 Å². The number of phenolic OH excluding ortho intramolecular Hbond substituents is 1. The second-order valence-electron chi connectivity index (χ2n) is 5.00. The lowest BCUT2D eigenvalue weighted by molar-refractivity contribution is -0.139. The molecule has 0 fully saturated rings. The van der Waals surface area contributed by atoms with Crippen LogP contribution in [0.4, 0.5) is 0 Å². The molecule has 0 bridgehead atoms. The van der Waals surface area contributed by atoms with Gasteiger partial charge in [-0.15, -0.1) is 0 Å². The number of carboxylic acid groups (broad SMARTS) is 1. The van der Waals surface area contributed by atoms with Crippen LogP contribution in [0.3, 0.4) is 0 Å². The van der Waals surface area contributed by atoms with Crippen molar-refractivity contribution in [3.8, 4) is 5.75 Å². The predicted octanol–water partition coefficient (Wildman–Crippen LogP) is 1.93. The smallest absolute Gasteiger partial charge is 0.326 e. The number of benzene rings is 1. The molecule has 0 saturated heterocycles. The molecule has 0 unspecified atom stereocenters. The van der Waals surface area contributed by atoms with Gasteiger partial charge in [0.2, 0.25) is 0 Å². The van der Waals surface area contributed by atoms with Crippen molar-refractivity contribution in [1.29, 1.82) is 0 Å². The van der Waals surface area contributed by atoms with Crippen LogP contribution in [0.2, 0.25) is 0 Å². The van der Waals surface area contributed by atoms with Crippen LogP contribution in [0.5, 0.6) is 5.75 Å². The van der Waals surface area contributed by atoms with Crippen molar-refractivity contribution in [2.24, 2.45) is 5.92 Å². The molecule has 0 aromatic heterocycles. The van der Waals surface area contributed by atoms with E-state index in [1.54, 1.807) is 19.1 Å². The van der Waals surface area contributed by atoms with Gasteiger partial charge in [0, 0.05) is 5.56 Å². The Morgan fingerprint density at radius 3 is 2.42 bits per heavy atom. The second kappa shape index (κ2) is 6.22. The molecule has 5 heteroatoms. The zero-order chi connectivity index (χ0) is 14.6. The molecular formula is C14H19NO4. The summed E-state index contributed by atoms with van der Waals surface area (Å²) in [6.45, 7) is 5.50. The maximum absolute atomic E-state index is 11.9. The third kappa shape index (κ3) is 4.28. The van der Waals surface area contributed by atoms with Gasteiger partial charge >= 0.3 is 5.97 Å². The first-order valence-electron chi connectivity index (χ1n) is 6.14. The Balaban J connectivity index is 2.81. The van der Waals surface area contributed by atoms with Crippen molar-refractivity contribution >= 4 is 11.9 Å². The summed E-state index contributed by atoms with van der Waals surface area (Å²) in [6.07, 6.45) is 0.360. The minimum atomic E-state index is -1.06. The Hall–Kier alpha value is -2.04. The summed E-state index contributed by atoms with van der Waals surface area (Å²) in [5.41, 5.74) is 0.909. The van der Waals surface area contributed by atoms with Crippen molar-refractivity contribution in [1.82, 2.24) is 5.32 Å². The quantitative estimate of drug-likeness (QED) is 0.759. The second-order valence-corrected chi connectivity index (χ2v) is 5.00. The van der Waals surface area contributed by atoms with Gasteiger partial charge in [-0.25, -0.2) is 4.79 Å². The molecule has 1 atom stereocenters. The number of aromatic hydroxyl groups is 1. The van der Waals surface area contributed by atoms with Crippen LogP contribution in [0.15, 0.2) is 18.2 Å². The topological polar surface area (TPSA) is 86.6 Å². The molecule has 5 nitrogen and oxygen atoms in total. The van der Waals surface area contributed by atoms with Crippen LogP contribution in [-0.4, -0.2) is 28.1 Å². The molecule has 19 heavy (non-hydrogen) atoms. The first-order chi connectivity index (χ1) is 8.81. The minimum absolute atomic E-state index is 0.0170. The van der Waals surface area contributed by atoms with Crippen molar-refractivity contribution < 1.29 is 19.8 Å². The fourth-order valence-electron chi connectivity index (χ4n) is 1.69. The summed E-state index contributed by atoms with van der Waals surface area (Å²) in [5.74, 6) is -1.38. The van der Waals surface area contributed by atoms with Crippen molar-refractivity contribution in [3.63, 3.8) is 0 Å². The number of nitrogens with one attached hydrogen (secondary N) is 1. The maximum atomic E-state index is 11.9. The standard InChI is InChI=1S/C14H19NO4/c1-8(2)6-11(14(18)19)15-13(17)10-5-4-9(3)12(16)7-10/h4-5,7-8,11,16H,6H2,1-3H3,(H,15,17)(H,18,19)/t11-/m0/s1. The van der Waals surface area contributed by atoms with Crippen molar-refractivity contribution in [2.45, 2.75) is 33.2 Å². The first kappa shape index (κ1) is 15.0. The predicted molar refractivity (Wildman–Crippen MR) is 71.2 cm³/mol. The van der Waals surface area contributed by atoms with E-state index in [0.717, 1.165) is 0 Å². The van der Waals surface area contributed by atoms with E-state index < -0.39 is 17.9 Å². The van der Waals surface area contributed by atoms with Crippen molar-refractivity contribution in [2.75, 3.05) is 0 Å². The van der Waals surface area contributed by atoms with E-state index in [4.69, 9.17) is 5.11 Å². The highest BCUT2D eigenvalue weighted by molar-refractivity contribution is 5.97. The van der Waals surface area contributed by atoms with Gasteiger partial charge in [0.25, 0.3) is 5.91 Å². The van der Waals surface area contributed by atoms with E-state index in [1.165, 1.54) is 6.07 Å². The SMILES string of the molecule is Cc1ccc(C(=O)N[C@@H](CC(C)C)C(=O)O)cc1O. The molecule has 1 rings (SSSR count). The molecule has 1 aromatic rings. The third-order valence-electron chi connectivity index (χ3n) is 2.78. The summed E-state index contributed by atoms with van der Waals surface area (Å²) in [4.78, 5) is 23.0. The van der Waals surface area contributed by atoms with Crippen LogP contribution < -0.4 is 5.32 Å². The Morgan fingerprint density at radius 2 is 1.95 bits per heavy atom. The van der Waals surface area contributed by atoms with Crippen LogP contribution in [0.25, 0.3) is 0 Å². The van der Waals surface area contributed by atoms with Crippen LogP contribution >= 0.6 is 0 Å². The van der Waals surface area contributed by atoms with Crippen molar-refractivity contribution in [3.05, 3.63) is 29.3 Å². The van der Waals surface area contributed by atoms with Crippen LogP contribution in [-0.2, 0) is 4.79 Å². The molecule has 0 aliphatic rings. The molecule has 1 aromatic carbocycles. The van der Waals surface area contributed by atoms with Gasteiger partial charge in [0.05, 0.1) is 0 Å². The number of aryl methyl sites for hydroxylation is 1. The molecule has 0 saturated carbocycles. The van der Waals surface area contributed by atoms with E-state index in [9.17, 15) is 14.7 Å². The summed E-state index contributed by atoms with van der Waals surface area (Å²) in [7, 11) is 0. The van der Waals surface area contributed by atoms with Gasteiger partial charge in [0.15, 0.2) is 0 Å². The molecule has 0 radical (unpaired) electrons. The Morgan fingerprint density at radius 1 is 1.32 bits per heavy atom. The number of aliphatic carboxylic acids is 1. The van der Waals surface area contributed by atoms with E-state index >= 15 is 0 Å². The number of hydrogen-bond acceptors (Lipinski definition) is 3. The number of phenols is 1. The lowest BCUT2D eigenvalue weighted by atomic mass is 10.0. The fourth-order valence-corrected chi connectivity index (χ4v) is 1.69. The average molecular weight is 265 g/mol. The molecule has 3 N–H and O–H groups in total. The Kier molecular flexibility index (Phi) is 4.92. The molecule has 104 valence electrons. The summed E-state index contributed by atoms with van der Waals surface area (Å²) in [6, 6.07) is 3.58. The normalized spacial score (nSPS) is 12.2. The Bertz CT molecular complexity index is 482. The van der Waals surface area contributed by atoms with E-state index in [2.05, 4.69) is 5.32 Å². The number of carbonyl (C=O) groups excluding carboxylic acids is 1. The lowest BCUT2D eigenvalue weighted by Gasteiger charge is -2.16. The summed E-state index contributed by atoms with van der Waals surface area (Å²) >= 11 is 0. The maximum Gasteiger partial charge on any atom is 0.326 e. The summed E-state index contributed by atoms with van der Waals surface area (Å²) < 4.78 is 0. The number of amides is 1. The van der Waals surface area contributed by atoms with Gasteiger partial charge in [0.1, 0.15) is 11.8 Å². The minimum Gasteiger partial charge on any atom is -0.508 e. The van der Waals surface area contributed by atoms with Gasteiger partial charge in [-0.2, -0.15) is 0 Å². The fraction of sp³-hybridized carbons (Fsp3) is 0.429. The highest BCUT2D eigenvalue weighted by atomic mass is 16.4. The number of carboxylic acids is 1. The molecular weight excluding hydrogens is 246 g/mol.